The molecule has 31 heavy (non-hydrogen) atoms. The molecular formula is C24H18N2O5. The number of fused-ring (bicyclic) bond motifs is 1. The predicted octanol–water partition coefficient (Wildman–Crippen LogP) is 5.18. The molecule has 0 atom stereocenters. The second-order valence-corrected chi connectivity index (χ2v) is 6.80. The number of carbonyl (C=O) groups is 1. The van der Waals surface area contributed by atoms with Gasteiger partial charge in [-0.15, -0.1) is 0 Å². The van der Waals surface area contributed by atoms with Crippen LogP contribution in [0.1, 0.15) is 15.9 Å². The molecule has 0 N–H and O–H groups in total. The van der Waals surface area contributed by atoms with Crippen molar-refractivity contribution in [3.63, 3.8) is 0 Å². The average molecular weight is 414 g/mol. The van der Waals surface area contributed by atoms with Gasteiger partial charge in [0.05, 0.1) is 28.8 Å². The van der Waals surface area contributed by atoms with Gasteiger partial charge in [0.15, 0.2) is 0 Å². The van der Waals surface area contributed by atoms with E-state index in [1.54, 1.807) is 25.3 Å². The van der Waals surface area contributed by atoms with E-state index in [4.69, 9.17) is 9.47 Å². The van der Waals surface area contributed by atoms with E-state index in [-0.39, 0.29) is 12.3 Å². The number of carbonyl (C=O) groups excluding carboxylic acids is 1. The Hall–Kier alpha value is -4.26. The van der Waals surface area contributed by atoms with Crippen LogP contribution >= 0.6 is 0 Å². The minimum Gasteiger partial charge on any atom is -0.497 e. The maximum absolute atomic E-state index is 12.9. The fourth-order valence-electron chi connectivity index (χ4n) is 3.24. The molecule has 0 unspecified atom stereocenters. The zero-order chi connectivity index (χ0) is 21.8. The van der Waals surface area contributed by atoms with Gasteiger partial charge in [-0.25, -0.2) is 9.78 Å². The Morgan fingerprint density at radius 3 is 2.52 bits per heavy atom. The van der Waals surface area contributed by atoms with Gasteiger partial charge >= 0.3 is 5.97 Å². The molecule has 0 saturated heterocycles. The number of methoxy groups -OCH3 is 1. The molecule has 0 aliphatic carbocycles. The first-order chi connectivity index (χ1) is 15.0. The summed E-state index contributed by atoms with van der Waals surface area (Å²) in [5.74, 6) is 0.195. The number of non-ortho nitro benzene ring substituents is 1. The van der Waals surface area contributed by atoms with Crippen molar-refractivity contribution < 1.29 is 19.2 Å². The molecule has 1 aromatic heterocycles. The topological polar surface area (TPSA) is 91.6 Å². The highest BCUT2D eigenvalue weighted by Gasteiger charge is 2.16. The summed E-state index contributed by atoms with van der Waals surface area (Å²) in [4.78, 5) is 28.1. The Kier molecular flexibility index (Phi) is 5.57. The van der Waals surface area contributed by atoms with Gasteiger partial charge in [0.1, 0.15) is 12.4 Å². The Morgan fingerprint density at radius 1 is 1.00 bits per heavy atom. The van der Waals surface area contributed by atoms with Crippen LogP contribution in [0, 0.1) is 10.1 Å². The highest BCUT2D eigenvalue weighted by Crippen LogP contribution is 2.27. The number of rotatable bonds is 6. The van der Waals surface area contributed by atoms with Crippen LogP contribution in [0.4, 0.5) is 5.69 Å². The van der Waals surface area contributed by atoms with Crippen molar-refractivity contribution in [3.8, 4) is 17.0 Å². The van der Waals surface area contributed by atoms with Gasteiger partial charge in [-0.1, -0.05) is 30.3 Å². The van der Waals surface area contributed by atoms with E-state index in [2.05, 4.69) is 4.98 Å². The molecule has 3 aromatic carbocycles. The molecular weight excluding hydrogens is 396 g/mol. The Bertz CT molecular complexity index is 1270. The zero-order valence-corrected chi connectivity index (χ0v) is 16.6. The number of ether oxygens (including phenoxy) is 2. The number of pyridine rings is 1. The summed E-state index contributed by atoms with van der Waals surface area (Å²) in [6.45, 7) is -0.0744. The van der Waals surface area contributed by atoms with Crippen molar-refractivity contribution in [1.29, 1.82) is 0 Å². The molecule has 0 aliphatic rings. The van der Waals surface area contributed by atoms with Crippen LogP contribution in [0.15, 0.2) is 78.9 Å². The number of nitro benzene ring substituents is 1. The van der Waals surface area contributed by atoms with Crippen molar-refractivity contribution in [2.45, 2.75) is 6.61 Å². The van der Waals surface area contributed by atoms with E-state index >= 15 is 0 Å². The van der Waals surface area contributed by atoms with Crippen LogP contribution in [0.25, 0.3) is 22.2 Å². The lowest BCUT2D eigenvalue weighted by atomic mass is 10.0. The molecule has 1 heterocycles. The maximum atomic E-state index is 12.9. The van der Waals surface area contributed by atoms with E-state index in [0.29, 0.717) is 27.7 Å². The number of esters is 1. The third kappa shape index (κ3) is 4.35. The lowest BCUT2D eigenvalue weighted by molar-refractivity contribution is -0.384. The fourth-order valence-corrected chi connectivity index (χ4v) is 3.24. The van der Waals surface area contributed by atoms with Crippen LogP contribution in [0.2, 0.25) is 0 Å². The molecule has 7 nitrogen and oxygen atoms in total. The Morgan fingerprint density at radius 2 is 1.77 bits per heavy atom. The number of aromatic nitrogens is 1. The van der Waals surface area contributed by atoms with Gasteiger partial charge in [0, 0.05) is 23.1 Å². The molecule has 4 aromatic rings. The first-order valence-electron chi connectivity index (χ1n) is 9.50. The lowest BCUT2D eigenvalue weighted by Crippen LogP contribution is -2.07. The van der Waals surface area contributed by atoms with E-state index in [9.17, 15) is 14.9 Å². The smallest absolute Gasteiger partial charge is 0.339 e. The summed E-state index contributed by atoms with van der Waals surface area (Å²) < 4.78 is 10.7. The molecule has 0 radical (unpaired) electrons. The highest BCUT2D eigenvalue weighted by molar-refractivity contribution is 6.04. The Balaban J connectivity index is 1.66. The summed E-state index contributed by atoms with van der Waals surface area (Å²) in [5.41, 5.74) is 2.99. The number of para-hydroxylation sites is 1. The van der Waals surface area contributed by atoms with Crippen LogP contribution in [-0.2, 0) is 11.3 Å². The van der Waals surface area contributed by atoms with E-state index in [0.717, 1.165) is 11.3 Å². The van der Waals surface area contributed by atoms with Gasteiger partial charge in [0.2, 0.25) is 0 Å². The highest BCUT2D eigenvalue weighted by atomic mass is 16.6. The van der Waals surface area contributed by atoms with Gasteiger partial charge in [-0.3, -0.25) is 10.1 Å². The Labute approximate surface area is 178 Å². The second-order valence-electron chi connectivity index (χ2n) is 6.80. The SMILES string of the molecule is COc1ccc(-c2cc(C(=O)OCc3cccc([N+](=O)[O-])c3)c3ccccc3n2)cc1. The van der Waals surface area contributed by atoms with Crippen LogP contribution in [-0.4, -0.2) is 23.0 Å². The van der Waals surface area contributed by atoms with Crippen molar-refractivity contribution in [1.82, 2.24) is 4.98 Å². The number of hydrogen-bond donors (Lipinski definition) is 0. The molecule has 0 aliphatic heterocycles. The number of hydrogen-bond acceptors (Lipinski definition) is 6. The maximum Gasteiger partial charge on any atom is 0.339 e. The molecule has 0 spiro atoms. The van der Waals surface area contributed by atoms with Crippen LogP contribution in [0.3, 0.4) is 0 Å². The summed E-state index contributed by atoms with van der Waals surface area (Å²) in [6.07, 6.45) is 0. The number of benzene rings is 3. The standard InChI is InChI=1S/C24H18N2O5/c1-30-19-11-9-17(10-12-19)23-14-21(20-7-2-3-8-22(20)25-23)24(27)31-15-16-5-4-6-18(13-16)26(28)29/h2-14H,15H2,1H3. The second kappa shape index (κ2) is 8.62. The number of nitro groups is 1. The van der Waals surface area contributed by atoms with Crippen molar-refractivity contribution in [2.24, 2.45) is 0 Å². The minimum atomic E-state index is -0.528. The molecule has 4 rings (SSSR count). The molecule has 7 heteroatoms. The molecule has 0 saturated carbocycles. The van der Waals surface area contributed by atoms with E-state index in [1.807, 2.05) is 48.5 Å². The van der Waals surface area contributed by atoms with Crippen LogP contribution < -0.4 is 4.74 Å². The average Bonchev–Trinajstić information content (AvgIpc) is 2.82. The van der Waals surface area contributed by atoms with Gasteiger partial charge in [-0.05, 0) is 42.0 Å². The third-order valence-electron chi connectivity index (χ3n) is 4.81. The van der Waals surface area contributed by atoms with Gasteiger partial charge < -0.3 is 9.47 Å². The molecule has 0 amide bonds. The third-order valence-corrected chi connectivity index (χ3v) is 4.81. The first-order valence-corrected chi connectivity index (χ1v) is 9.50. The summed E-state index contributed by atoms with van der Waals surface area (Å²) in [7, 11) is 1.60. The predicted molar refractivity (Wildman–Crippen MR) is 116 cm³/mol. The summed E-state index contributed by atoms with van der Waals surface area (Å²) in [6, 6.07) is 22.4. The quantitative estimate of drug-likeness (QED) is 0.245. The first kappa shape index (κ1) is 20.0. The summed E-state index contributed by atoms with van der Waals surface area (Å²) >= 11 is 0. The van der Waals surface area contributed by atoms with Crippen LogP contribution in [0.5, 0.6) is 5.75 Å². The fraction of sp³-hybridized carbons (Fsp3) is 0.0833. The normalized spacial score (nSPS) is 10.6. The zero-order valence-electron chi connectivity index (χ0n) is 16.6. The number of nitrogens with zero attached hydrogens (tertiary/aromatic N) is 2. The van der Waals surface area contributed by atoms with E-state index in [1.165, 1.54) is 12.1 Å². The molecule has 0 fully saturated rings. The summed E-state index contributed by atoms with van der Waals surface area (Å²) in [5, 5.41) is 11.6. The van der Waals surface area contributed by atoms with Gasteiger partial charge in [-0.2, -0.15) is 0 Å². The molecule has 0 bridgehead atoms. The minimum absolute atomic E-state index is 0.0512. The van der Waals surface area contributed by atoms with E-state index < -0.39 is 10.9 Å². The van der Waals surface area contributed by atoms with Crippen molar-refractivity contribution >= 4 is 22.6 Å². The van der Waals surface area contributed by atoms with Crippen molar-refractivity contribution in [3.05, 3.63) is 100 Å². The monoisotopic (exact) mass is 414 g/mol. The lowest BCUT2D eigenvalue weighted by Gasteiger charge is -2.11. The van der Waals surface area contributed by atoms with Crippen molar-refractivity contribution in [2.75, 3.05) is 7.11 Å². The van der Waals surface area contributed by atoms with Gasteiger partial charge in [0.25, 0.3) is 5.69 Å². The largest absolute Gasteiger partial charge is 0.497 e. The molecule has 154 valence electrons.